The molecule has 0 fully saturated rings. The molecule has 0 bridgehead atoms. The number of carbonyl (C=O) groups is 2. The van der Waals surface area contributed by atoms with E-state index in [1.165, 1.54) is 32.3 Å². The van der Waals surface area contributed by atoms with Gasteiger partial charge in [-0.3, -0.25) is 9.59 Å². The molecule has 0 aliphatic carbocycles. The summed E-state index contributed by atoms with van der Waals surface area (Å²) in [4.78, 5) is 24.3. The van der Waals surface area contributed by atoms with Crippen molar-refractivity contribution in [3.05, 3.63) is 53.1 Å². The number of rotatable bonds is 6. The van der Waals surface area contributed by atoms with Gasteiger partial charge in [-0.2, -0.15) is 0 Å². The van der Waals surface area contributed by atoms with Crippen LogP contribution in [0.1, 0.15) is 34.5 Å². The highest BCUT2D eigenvalue weighted by Crippen LogP contribution is 2.36. The van der Waals surface area contributed by atoms with Crippen LogP contribution in [-0.2, 0) is 11.2 Å². The Morgan fingerprint density at radius 1 is 1.18 bits per heavy atom. The number of hydrogen-bond donors (Lipinski definition) is 3. The molecule has 2 amide bonds. The van der Waals surface area contributed by atoms with Crippen LogP contribution in [0.5, 0.6) is 11.5 Å². The van der Waals surface area contributed by atoms with Crippen molar-refractivity contribution in [2.45, 2.75) is 19.4 Å². The standard InChI is InChI=1S/C21H25N3O4/c1-13(25)24-17-10-15(11-19(27-2)20(17)28-3)21(26)23-12-18-16-7-5-4-6-14(16)8-9-22-18/h4-7,10-11,18,22H,8-9,12H2,1-3H3,(H,23,26)(H,24,25). The third-order valence-corrected chi connectivity index (χ3v) is 4.73. The smallest absolute Gasteiger partial charge is 0.251 e. The zero-order chi connectivity index (χ0) is 20.1. The second-order valence-corrected chi connectivity index (χ2v) is 6.61. The number of anilines is 1. The van der Waals surface area contributed by atoms with Gasteiger partial charge in [0.1, 0.15) is 0 Å². The van der Waals surface area contributed by atoms with Crippen molar-refractivity contribution in [1.29, 1.82) is 0 Å². The number of ether oxygens (including phenoxy) is 2. The summed E-state index contributed by atoms with van der Waals surface area (Å²) in [6.45, 7) is 2.73. The molecule has 1 heterocycles. The van der Waals surface area contributed by atoms with Crippen molar-refractivity contribution < 1.29 is 19.1 Å². The molecule has 0 spiro atoms. The Labute approximate surface area is 164 Å². The molecule has 1 aliphatic rings. The van der Waals surface area contributed by atoms with Gasteiger partial charge in [0, 0.05) is 25.1 Å². The Morgan fingerprint density at radius 2 is 1.96 bits per heavy atom. The molecule has 0 aromatic heterocycles. The van der Waals surface area contributed by atoms with E-state index >= 15 is 0 Å². The van der Waals surface area contributed by atoms with Crippen molar-refractivity contribution >= 4 is 17.5 Å². The predicted octanol–water partition coefficient (Wildman–Crippen LogP) is 2.28. The maximum atomic E-state index is 12.8. The highest BCUT2D eigenvalue weighted by atomic mass is 16.5. The van der Waals surface area contributed by atoms with Crippen LogP contribution in [-0.4, -0.2) is 39.1 Å². The van der Waals surface area contributed by atoms with Crippen LogP contribution in [0, 0.1) is 0 Å². The number of amides is 2. The lowest BCUT2D eigenvalue weighted by molar-refractivity contribution is -0.114. The van der Waals surface area contributed by atoms with E-state index in [2.05, 4.69) is 28.1 Å². The van der Waals surface area contributed by atoms with E-state index in [1.807, 2.05) is 12.1 Å². The third-order valence-electron chi connectivity index (χ3n) is 4.73. The number of benzene rings is 2. The molecular formula is C21H25N3O4. The van der Waals surface area contributed by atoms with E-state index in [0.717, 1.165) is 13.0 Å². The van der Waals surface area contributed by atoms with Crippen LogP contribution >= 0.6 is 0 Å². The van der Waals surface area contributed by atoms with Gasteiger partial charge in [-0.1, -0.05) is 24.3 Å². The van der Waals surface area contributed by atoms with Gasteiger partial charge in [0.25, 0.3) is 5.91 Å². The average Bonchev–Trinajstić information content (AvgIpc) is 2.70. The lowest BCUT2D eigenvalue weighted by atomic mass is 9.94. The zero-order valence-electron chi connectivity index (χ0n) is 16.3. The summed E-state index contributed by atoms with van der Waals surface area (Å²) in [5, 5.41) is 9.09. The lowest BCUT2D eigenvalue weighted by Gasteiger charge is -2.27. The molecule has 7 heteroatoms. The molecule has 2 aromatic carbocycles. The van der Waals surface area contributed by atoms with Gasteiger partial charge in [-0.15, -0.1) is 0 Å². The topological polar surface area (TPSA) is 88.7 Å². The molecule has 1 unspecified atom stereocenters. The number of hydrogen-bond acceptors (Lipinski definition) is 5. The van der Waals surface area contributed by atoms with Crippen molar-refractivity contribution in [3.8, 4) is 11.5 Å². The fraction of sp³-hybridized carbons (Fsp3) is 0.333. The Kier molecular flexibility index (Phi) is 6.16. The van der Waals surface area contributed by atoms with Crippen molar-refractivity contribution in [3.63, 3.8) is 0 Å². The predicted molar refractivity (Wildman–Crippen MR) is 107 cm³/mol. The minimum Gasteiger partial charge on any atom is -0.493 e. The number of fused-ring (bicyclic) bond motifs is 1. The molecule has 0 saturated carbocycles. The van der Waals surface area contributed by atoms with Gasteiger partial charge >= 0.3 is 0 Å². The highest BCUT2D eigenvalue weighted by molar-refractivity contribution is 5.99. The maximum absolute atomic E-state index is 12.8. The van der Waals surface area contributed by atoms with Crippen LogP contribution in [0.3, 0.4) is 0 Å². The Bertz CT molecular complexity index is 882. The monoisotopic (exact) mass is 383 g/mol. The SMILES string of the molecule is COc1cc(C(=O)NCC2NCCc3ccccc32)cc(NC(C)=O)c1OC. The van der Waals surface area contributed by atoms with Crippen LogP contribution in [0.2, 0.25) is 0 Å². The normalized spacial score (nSPS) is 15.3. The summed E-state index contributed by atoms with van der Waals surface area (Å²) in [7, 11) is 2.97. The van der Waals surface area contributed by atoms with Gasteiger partial charge in [0.15, 0.2) is 11.5 Å². The summed E-state index contributed by atoms with van der Waals surface area (Å²) < 4.78 is 10.6. The first-order chi connectivity index (χ1) is 13.5. The summed E-state index contributed by atoms with van der Waals surface area (Å²) in [5.74, 6) is 0.232. The molecule has 3 rings (SSSR count). The number of carbonyl (C=O) groups excluding carboxylic acids is 2. The number of nitrogens with one attached hydrogen (secondary N) is 3. The first-order valence-electron chi connectivity index (χ1n) is 9.16. The molecular weight excluding hydrogens is 358 g/mol. The van der Waals surface area contributed by atoms with E-state index in [1.54, 1.807) is 12.1 Å². The average molecular weight is 383 g/mol. The molecule has 3 N–H and O–H groups in total. The minimum absolute atomic E-state index is 0.0591. The molecule has 7 nitrogen and oxygen atoms in total. The largest absolute Gasteiger partial charge is 0.493 e. The first kappa shape index (κ1) is 19.7. The molecule has 1 atom stereocenters. The van der Waals surface area contributed by atoms with Gasteiger partial charge < -0.3 is 25.4 Å². The molecule has 0 radical (unpaired) electrons. The van der Waals surface area contributed by atoms with Gasteiger partial charge in [0.05, 0.1) is 19.9 Å². The molecule has 148 valence electrons. The summed E-state index contributed by atoms with van der Waals surface area (Å²) >= 11 is 0. The molecule has 1 aliphatic heterocycles. The van der Waals surface area contributed by atoms with E-state index < -0.39 is 0 Å². The molecule has 0 saturated heterocycles. The van der Waals surface area contributed by atoms with E-state index in [4.69, 9.17) is 9.47 Å². The zero-order valence-corrected chi connectivity index (χ0v) is 16.3. The van der Waals surface area contributed by atoms with Crippen molar-refractivity contribution in [2.24, 2.45) is 0 Å². The fourth-order valence-electron chi connectivity index (χ4n) is 3.45. The van der Waals surface area contributed by atoms with Crippen molar-refractivity contribution in [2.75, 3.05) is 32.6 Å². The molecule has 28 heavy (non-hydrogen) atoms. The van der Waals surface area contributed by atoms with Crippen LogP contribution in [0.4, 0.5) is 5.69 Å². The van der Waals surface area contributed by atoms with E-state index in [0.29, 0.717) is 29.3 Å². The molecule has 2 aromatic rings. The van der Waals surface area contributed by atoms with E-state index in [-0.39, 0.29) is 17.9 Å². The Morgan fingerprint density at radius 3 is 2.68 bits per heavy atom. The summed E-state index contributed by atoms with van der Waals surface area (Å²) in [5.41, 5.74) is 3.28. The summed E-state index contributed by atoms with van der Waals surface area (Å²) in [6.07, 6.45) is 0.983. The Balaban J connectivity index is 1.78. The summed E-state index contributed by atoms with van der Waals surface area (Å²) in [6, 6.07) is 11.5. The van der Waals surface area contributed by atoms with Crippen LogP contribution < -0.4 is 25.4 Å². The van der Waals surface area contributed by atoms with E-state index in [9.17, 15) is 9.59 Å². The highest BCUT2D eigenvalue weighted by Gasteiger charge is 2.21. The second kappa shape index (κ2) is 8.75. The second-order valence-electron chi connectivity index (χ2n) is 6.61. The lowest BCUT2D eigenvalue weighted by Crippen LogP contribution is -2.38. The Hall–Kier alpha value is -3.06. The van der Waals surface area contributed by atoms with Crippen LogP contribution in [0.25, 0.3) is 0 Å². The van der Waals surface area contributed by atoms with Gasteiger partial charge in [0.2, 0.25) is 5.91 Å². The minimum atomic E-state index is -0.263. The third kappa shape index (κ3) is 4.26. The van der Waals surface area contributed by atoms with Gasteiger partial charge in [-0.05, 0) is 36.2 Å². The number of methoxy groups -OCH3 is 2. The van der Waals surface area contributed by atoms with Crippen LogP contribution in [0.15, 0.2) is 36.4 Å². The fourth-order valence-corrected chi connectivity index (χ4v) is 3.45. The van der Waals surface area contributed by atoms with Gasteiger partial charge in [-0.25, -0.2) is 0 Å². The van der Waals surface area contributed by atoms with Crippen molar-refractivity contribution in [1.82, 2.24) is 10.6 Å². The first-order valence-corrected chi connectivity index (χ1v) is 9.16. The quantitative estimate of drug-likeness (QED) is 0.712. The maximum Gasteiger partial charge on any atom is 0.251 e.